The van der Waals surface area contributed by atoms with Gasteiger partial charge in [0.05, 0.1) is 0 Å². The van der Waals surface area contributed by atoms with Gasteiger partial charge in [-0.1, -0.05) is 66.2 Å². The van der Waals surface area contributed by atoms with Gasteiger partial charge in [0.25, 0.3) is 0 Å². The molecule has 1 unspecified atom stereocenters. The molecule has 0 aromatic heterocycles. The van der Waals surface area contributed by atoms with Gasteiger partial charge in [0, 0.05) is 7.11 Å². The summed E-state index contributed by atoms with van der Waals surface area (Å²) in [6.45, 7) is 13.7. The van der Waals surface area contributed by atoms with E-state index in [0.29, 0.717) is 0 Å². The summed E-state index contributed by atoms with van der Waals surface area (Å²) in [5, 5.41) is 0.254. The van der Waals surface area contributed by atoms with Crippen molar-refractivity contribution in [2.24, 2.45) is 0 Å². The average Bonchev–Trinajstić information content (AvgIpc) is 2.34. The van der Waals surface area contributed by atoms with Crippen molar-refractivity contribution in [3.8, 4) is 0 Å². The highest BCUT2D eigenvalue weighted by Crippen LogP contribution is 2.37. The highest BCUT2D eigenvalue weighted by atomic mass is 28.4. The van der Waals surface area contributed by atoms with E-state index in [4.69, 9.17) is 9.16 Å². The Morgan fingerprint density at radius 2 is 1.40 bits per heavy atom. The van der Waals surface area contributed by atoms with E-state index in [2.05, 4.69) is 40.8 Å². The summed E-state index contributed by atoms with van der Waals surface area (Å²) in [6.07, 6.45) is 10.4. The molecule has 0 radical (unpaired) electrons. The van der Waals surface area contributed by atoms with Gasteiger partial charge in [0.1, 0.15) is 6.29 Å². The molecule has 0 aliphatic heterocycles. The number of unbranched alkanes of at least 4 members (excludes halogenated alkanes) is 6. The normalized spacial score (nSPS) is 14.6. The lowest BCUT2D eigenvalue weighted by molar-refractivity contribution is -0.0686. The lowest BCUT2D eigenvalue weighted by atomic mass is 10.1. The first-order valence-electron chi connectivity index (χ1n) is 8.45. The average molecular weight is 303 g/mol. The van der Waals surface area contributed by atoms with E-state index in [1.165, 1.54) is 44.9 Å². The Morgan fingerprint density at radius 1 is 0.900 bits per heavy atom. The highest BCUT2D eigenvalue weighted by Gasteiger charge is 2.39. The predicted octanol–water partition coefficient (Wildman–Crippen LogP) is 6.12. The number of hydrogen-bond donors (Lipinski definition) is 0. The lowest BCUT2D eigenvalue weighted by Gasteiger charge is -2.38. The van der Waals surface area contributed by atoms with E-state index >= 15 is 0 Å². The molecule has 0 amide bonds. The minimum absolute atomic E-state index is 0.00784. The summed E-state index contributed by atoms with van der Waals surface area (Å²) in [6, 6.07) is 0. The van der Waals surface area contributed by atoms with Gasteiger partial charge >= 0.3 is 0 Å². The zero-order chi connectivity index (χ0) is 15.6. The summed E-state index contributed by atoms with van der Waals surface area (Å²) < 4.78 is 11.9. The Morgan fingerprint density at radius 3 is 1.85 bits per heavy atom. The van der Waals surface area contributed by atoms with Gasteiger partial charge in [0.15, 0.2) is 8.32 Å². The summed E-state index contributed by atoms with van der Waals surface area (Å²) in [7, 11) is 0.0768. The molecule has 0 saturated carbocycles. The minimum atomic E-state index is -1.70. The van der Waals surface area contributed by atoms with Crippen LogP contribution in [0.25, 0.3) is 0 Å². The zero-order valence-electron chi connectivity index (χ0n) is 15.1. The van der Waals surface area contributed by atoms with Crippen LogP contribution in [0.1, 0.15) is 79.1 Å². The molecular formula is C17H38O2Si. The maximum Gasteiger partial charge on any atom is 0.195 e. The molecular weight excluding hydrogens is 264 g/mol. The largest absolute Gasteiger partial charge is 0.392 e. The maximum absolute atomic E-state index is 6.31. The van der Waals surface area contributed by atoms with Crippen molar-refractivity contribution in [3.05, 3.63) is 0 Å². The summed E-state index contributed by atoms with van der Waals surface area (Å²) in [5.41, 5.74) is 0. The number of hydrogen-bond acceptors (Lipinski definition) is 2. The molecule has 0 aromatic rings. The van der Waals surface area contributed by atoms with E-state index in [9.17, 15) is 0 Å². The summed E-state index contributed by atoms with van der Waals surface area (Å²) in [5.74, 6) is 0. The third-order valence-electron chi connectivity index (χ3n) is 4.54. The van der Waals surface area contributed by atoms with Gasteiger partial charge in [-0.2, -0.15) is 0 Å². The van der Waals surface area contributed by atoms with Crippen LogP contribution in [0.2, 0.25) is 18.1 Å². The fourth-order valence-electron chi connectivity index (χ4n) is 2.00. The van der Waals surface area contributed by atoms with Crippen LogP contribution >= 0.6 is 0 Å². The van der Waals surface area contributed by atoms with Crippen molar-refractivity contribution < 1.29 is 9.16 Å². The molecule has 2 nitrogen and oxygen atoms in total. The van der Waals surface area contributed by atoms with Crippen LogP contribution in [0, 0.1) is 0 Å². The second-order valence-corrected chi connectivity index (χ2v) is 12.2. The van der Waals surface area contributed by atoms with Gasteiger partial charge in [-0.05, 0) is 31.0 Å². The monoisotopic (exact) mass is 302 g/mol. The minimum Gasteiger partial charge on any atom is -0.392 e. The highest BCUT2D eigenvalue weighted by molar-refractivity contribution is 6.74. The maximum atomic E-state index is 6.31. The smallest absolute Gasteiger partial charge is 0.195 e. The third kappa shape index (κ3) is 8.43. The van der Waals surface area contributed by atoms with Crippen LogP contribution < -0.4 is 0 Å². The Kier molecular flexibility index (Phi) is 10.0. The third-order valence-corrected chi connectivity index (χ3v) is 9.00. The molecule has 1 atom stereocenters. The Hall–Kier alpha value is 0.137. The van der Waals surface area contributed by atoms with Crippen molar-refractivity contribution in [2.45, 2.75) is 103 Å². The fourth-order valence-corrected chi connectivity index (χ4v) is 3.22. The van der Waals surface area contributed by atoms with E-state index in [0.717, 1.165) is 6.42 Å². The van der Waals surface area contributed by atoms with Crippen LogP contribution in [-0.2, 0) is 9.16 Å². The van der Waals surface area contributed by atoms with Crippen LogP contribution in [0.4, 0.5) is 0 Å². The van der Waals surface area contributed by atoms with E-state index in [1.54, 1.807) is 7.11 Å². The second kappa shape index (κ2) is 9.96. The fraction of sp³-hybridized carbons (Fsp3) is 1.00. The molecule has 0 bridgehead atoms. The number of ether oxygens (including phenoxy) is 1. The predicted molar refractivity (Wildman–Crippen MR) is 91.7 cm³/mol. The first-order valence-corrected chi connectivity index (χ1v) is 11.4. The van der Waals surface area contributed by atoms with Gasteiger partial charge in [-0.25, -0.2) is 0 Å². The molecule has 0 rings (SSSR count). The Labute approximate surface area is 128 Å². The second-order valence-electron chi connectivity index (χ2n) is 7.45. The van der Waals surface area contributed by atoms with Gasteiger partial charge in [-0.3, -0.25) is 0 Å². The van der Waals surface area contributed by atoms with Crippen molar-refractivity contribution in [1.82, 2.24) is 0 Å². The summed E-state index contributed by atoms with van der Waals surface area (Å²) in [4.78, 5) is 0. The van der Waals surface area contributed by atoms with Gasteiger partial charge in [-0.15, -0.1) is 0 Å². The molecule has 0 heterocycles. The van der Waals surface area contributed by atoms with E-state index in [1.807, 2.05) is 0 Å². The lowest BCUT2D eigenvalue weighted by Crippen LogP contribution is -2.44. The topological polar surface area (TPSA) is 18.5 Å². The van der Waals surface area contributed by atoms with Gasteiger partial charge in [0.2, 0.25) is 0 Å². The van der Waals surface area contributed by atoms with Gasteiger partial charge < -0.3 is 9.16 Å². The molecule has 3 heteroatoms. The summed E-state index contributed by atoms with van der Waals surface area (Å²) >= 11 is 0. The number of methoxy groups -OCH3 is 1. The molecule has 20 heavy (non-hydrogen) atoms. The SMILES string of the molecule is CCCCCCCCCC(OC)O[Si](C)(C)C(C)(C)C. The molecule has 0 N–H and O–H groups in total. The van der Waals surface area contributed by atoms with Crippen LogP contribution in [0.5, 0.6) is 0 Å². The van der Waals surface area contributed by atoms with Crippen LogP contribution in [0.3, 0.4) is 0 Å². The molecule has 0 aliphatic carbocycles. The van der Waals surface area contributed by atoms with E-state index in [-0.39, 0.29) is 11.3 Å². The standard InChI is InChI=1S/C17H38O2Si/c1-8-9-10-11-12-13-14-15-16(18-5)19-20(6,7)17(2,3)4/h16H,8-15H2,1-7H3. The first kappa shape index (κ1) is 20.1. The molecule has 0 fully saturated rings. The molecule has 0 aliphatic rings. The van der Waals surface area contributed by atoms with Crippen LogP contribution in [-0.4, -0.2) is 21.7 Å². The van der Waals surface area contributed by atoms with Crippen molar-refractivity contribution in [3.63, 3.8) is 0 Å². The van der Waals surface area contributed by atoms with Crippen molar-refractivity contribution in [1.29, 1.82) is 0 Å². The first-order chi connectivity index (χ1) is 9.24. The van der Waals surface area contributed by atoms with Crippen molar-refractivity contribution >= 4 is 8.32 Å². The quantitative estimate of drug-likeness (QED) is 0.260. The Bertz CT molecular complexity index is 234. The van der Waals surface area contributed by atoms with Crippen molar-refractivity contribution in [2.75, 3.05) is 7.11 Å². The van der Waals surface area contributed by atoms with E-state index < -0.39 is 8.32 Å². The number of rotatable bonds is 11. The van der Waals surface area contributed by atoms with Crippen LogP contribution in [0.15, 0.2) is 0 Å². The molecule has 122 valence electrons. The molecule has 0 spiro atoms. The zero-order valence-corrected chi connectivity index (χ0v) is 16.1. The molecule has 0 aromatic carbocycles. The Balaban J connectivity index is 3.88. The molecule has 0 saturated heterocycles.